The van der Waals surface area contributed by atoms with E-state index in [9.17, 15) is 9.59 Å². The highest BCUT2D eigenvalue weighted by Gasteiger charge is 2.29. The number of urea groups is 1. The van der Waals surface area contributed by atoms with Gasteiger partial charge in [0.1, 0.15) is 5.75 Å². The quantitative estimate of drug-likeness (QED) is 0.593. The largest absolute Gasteiger partial charge is 0.492 e. The highest BCUT2D eigenvalue weighted by Crippen LogP contribution is 2.23. The summed E-state index contributed by atoms with van der Waals surface area (Å²) in [5.41, 5.74) is 0. The first kappa shape index (κ1) is 19.4. The minimum Gasteiger partial charge on any atom is -0.492 e. The maximum atomic E-state index is 12.2. The molecule has 1 aromatic rings. The van der Waals surface area contributed by atoms with E-state index in [0.29, 0.717) is 50.0 Å². The number of hydrogen-bond donors (Lipinski definition) is 1. The van der Waals surface area contributed by atoms with Gasteiger partial charge in [-0.25, -0.2) is 4.79 Å². The molecule has 1 aliphatic rings. The molecule has 6 nitrogen and oxygen atoms in total. The fourth-order valence-electron chi connectivity index (χ4n) is 2.74. The monoisotopic (exact) mass is 368 g/mol. The predicted molar refractivity (Wildman–Crippen MR) is 95.9 cm³/mol. The number of carbonyl (C=O) groups is 2. The number of amides is 2. The van der Waals surface area contributed by atoms with Crippen molar-refractivity contribution >= 4 is 23.6 Å². The molecule has 0 radical (unpaired) electrons. The van der Waals surface area contributed by atoms with Crippen LogP contribution in [0.25, 0.3) is 0 Å². The molecule has 1 N–H and O–H groups in total. The van der Waals surface area contributed by atoms with E-state index in [2.05, 4.69) is 5.32 Å². The number of rotatable bonds is 7. The maximum absolute atomic E-state index is 12.2. The summed E-state index contributed by atoms with van der Waals surface area (Å²) in [5.74, 6) is 0.208. The average Bonchev–Trinajstić information content (AvgIpc) is 2.63. The Morgan fingerprint density at radius 3 is 2.92 bits per heavy atom. The van der Waals surface area contributed by atoms with Crippen molar-refractivity contribution in [3.63, 3.8) is 0 Å². The molecule has 1 saturated heterocycles. The maximum Gasteiger partial charge on any atom is 0.317 e. The van der Waals surface area contributed by atoms with Crippen molar-refractivity contribution in [1.82, 2.24) is 10.2 Å². The van der Waals surface area contributed by atoms with Gasteiger partial charge in [0, 0.05) is 19.6 Å². The molecule has 0 aliphatic carbocycles. The third-order valence-electron chi connectivity index (χ3n) is 4.02. The van der Waals surface area contributed by atoms with Gasteiger partial charge in [0.25, 0.3) is 0 Å². The molecule has 1 unspecified atom stereocenters. The van der Waals surface area contributed by atoms with Crippen LogP contribution in [0.2, 0.25) is 5.02 Å². The summed E-state index contributed by atoms with van der Waals surface area (Å²) in [6, 6.07) is 7.14. The Labute approximate surface area is 153 Å². The molecule has 2 amide bonds. The normalized spacial score (nSPS) is 17.0. The van der Waals surface area contributed by atoms with E-state index in [-0.39, 0.29) is 17.9 Å². The van der Waals surface area contributed by atoms with Crippen LogP contribution in [0.3, 0.4) is 0 Å². The Balaban J connectivity index is 1.66. The Kier molecular flexibility index (Phi) is 7.85. The summed E-state index contributed by atoms with van der Waals surface area (Å²) in [6.45, 7) is 4.21. The van der Waals surface area contributed by atoms with Crippen LogP contribution in [0, 0.1) is 5.92 Å². The molecule has 0 bridgehead atoms. The number of esters is 1. The number of hydrogen-bond acceptors (Lipinski definition) is 4. The van der Waals surface area contributed by atoms with Crippen LogP contribution in [0.4, 0.5) is 4.79 Å². The fraction of sp³-hybridized carbons (Fsp3) is 0.556. The van der Waals surface area contributed by atoms with Crippen molar-refractivity contribution in [2.45, 2.75) is 26.2 Å². The van der Waals surface area contributed by atoms with Crippen LogP contribution in [0.15, 0.2) is 24.3 Å². The first-order valence-electron chi connectivity index (χ1n) is 8.68. The number of carbonyl (C=O) groups excluding carboxylic acids is 2. The molecule has 1 aromatic carbocycles. The van der Waals surface area contributed by atoms with Gasteiger partial charge in [-0.3, -0.25) is 4.79 Å². The third-order valence-corrected chi connectivity index (χ3v) is 4.33. The molecule has 7 heteroatoms. The molecule has 1 aliphatic heterocycles. The number of halogens is 1. The zero-order valence-corrected chi connectivity index (χ0v) is 15.3. The molecular formula is C18H25ClN2O4. The summed E-state index contributed by atoms with van der Waals surface area (Å²) >= 11 is 6.01. The van der Waals surface area contributed by atoms with E-state index < -0.39 is 0 Å². The number of ether oxygens (including phenoxy) is 2. The number of nitrogens with one attached hydrogen (secondary N) is 1. The van der Waals surface area contributed by atoms with Crippen LogP contribution in [0.5, 0.6) is 5.75 Å². The lowest BCUT2D eigenvalue weighted by Crippen LogP contribution is -2.47. The Morgan fingerprint density at radius 2 is 2.16 bits per heavy atom. The summed E-state index contributed by atoms with van der Waals surface area (Å²) in [7, 11) is 0. The van der Waals surface area contributed by atoms with E-state index in [1.54, 1.807) is 17.9 Å². The van der Waals surface area contributed by atoms with E-state index >= 15 is 0 Å². The lowest BCUT2D eigenvalue weighted by atomic mass is 9.98. The van der Waals surface area contributed by atoms with Crippen molar-refractivity contribution in [1.29, 1.82) is 0 Å². The molecule has 1 fully saturated rings. The van der Waals surface area contributed by atoms with Gasteiger partial charge in [0.15, 0.2) is 0 Å². The summed E-state index contributed by atoms with van der Waals surface area (Å²) < 4.78 is 10.6. The Hall–Kier alpha value is -1.95. The minimum absolute atomic E-state index is 0.147. The predicted octanol–water partition coefficient (Wildman–Crippen LogP) is 3.09. The van der Waals surface area contributed by atoms with Crippen LogP contribution in [-0.4, -0.2) is 49.7 Å². The summed E-state index contributed by atoms with van der Waals surface area (Å²) in [5, 5.41) is 3.44. The molecule has 25 heavy (non-hydrogen) atoms. The van der Waals surface area contributed by atoms with E-state index in [1.807, 2.05) is 18.2 Å². The molecule has 1 heterocycles. The zero-order chi connectivity index (χ0) is 18.1. The minimum atomic E-state index is -0.219. The second kappa shape index (κ2) is 10.1. The Morgan fingerprint density at radius 1 is 1.36 bits per heavy atom. The number of para-hydroxylation sites is 1. The molecule has 138 valence electrons. The topological polar surface area (TPSA) is 67.9 Å². The van der Waals surface area contributed by atoms with Crippen molar-refractivity contribution < 1.29 is 19.1 Å². The molecule has 0 aromatic heterocycles. The number of piperidine rings is 1. The molecular weight excluding hydrogens is 344 g/mol. The molecule has 1 atom stereocenters. The van der Waals surface area contributed by atoms with Crippen molar-refractivity contribution in [2.75, 3.05) is 32.8 Å². The van der Waals surface area contributed by atoms with Gasteiger partial charge in [0.2, 0.25) is 0 Å². The zero-order valence-electron chi connectivity index (χ0n) is 14.5. The first-order chi connectivity index (χ1) is 12.1. The van der Waals surface area contributed by atoms with Gasteiger partial charge in [-0.15, -0.1) is 0 Å². The number of benzene rings is 1. The van der Waals surface area contributed by atoms with Crippen molar-refractivity contribution in [3.8, 4) is 5.75 Å². The third kappa shape index (κ3) is 6.12. The second-order valence-electron chi connectivity index (χ2n) is 5.90. The van der Waals surface area contributed by atoms with Gasteiger partial charge in [-0.2, -0.15) is 0 Å². The lowest BCUT2D eigenvalue weighted by Gasteiger charge is -2.31. The van der Waals surface area contributed by atoms with E-state index in [1.165, 1.54) is 0 Å². The van der Waals surface area contributed by atoms with Gasteiger partial charge in [-0.05, 0) is 38.3 Å². The second-order valence-corrected chi connectivity index (χ2v) is 6.31. The van der Waals surface area contributed by atoms with Gasteiger partial charge in [-0.1, -0.05) is 23.7 Å². The summed E-state index contributed by atoms with van der Waals surface area (Å²) in [4.78, 5) is 25.7. The van der Waals surface area contributed by atoms with Crippen LogP contribution in [0.1, 0.15) is 26.2 Å². The van der Waals surface area contributed by atoms with Gasteiger partial charge >= 0.3 is 12.0 Å². The van der Waals surface area contributed by atoms with E-state index in [4.69, 9.17) is 21.1 Å². The fourth-order valence-corrected chi connectivity index (χ4v) is 2.93. The highest BCUT2D eigenvalue weighted by molar-refractivity contribution is 6.32. The lowest BCUT2D eigenvalue weighted by molar-refractivity contribution is -0.149. The van der Waals surface area contributed by atoms with Crippen molar-refractivity contribution in [3.05, 3.63) is 29.3 Å². The van der Waals surface area contributed by atoms with Gasteiger partial charge in [0.05, 0.1) is 24.2 Å². The highest BCUT2D eigenvalue weighted by atomic mass is 35.5. The molecule has 0 spiro atoms. The SMILES string of the molecule is CCOC(=O)C1CCCN(C(=O)NCCCOc2ccccc2Cl)C1. The summed E-state index contributed by atoms with van der Waals surface area (Å²) in [6.07, 6.45) is 2.26. The van der Waals surface area contributed by atoms with Crippen LogP contribution in [-0.2, 0) is 9.53 Å². The van der Waals surface area contributed by atoms with E-state index in [0.717, 1.165) is 12.8 Å². The smallest absolute Gasteiger partial charge is 0.317 e. The number of likely N-dealkylation sites (tertiary alicyclic amines) is 1. The Bertz CT molecular complexity index is 582. The standard InChI is InChI=1S/C18H25ClN2O4/c1-2-24-17(22)14-7-5-11-21(13-14)18(23)20-10-6-12-25-16-9-4-3-8-15(16)19/h3-4,8-9,14H,2,5-7,10-13H2,1H3,(H,20,23). The van der Waals surface area contributed by atoms with Crippen LogP contribution < -0.4 is 10.1 Å². The molecule has 0 saturated carbocycles. The van der Waals surface area contributed by atoms with Crippen LogP contribution >= 0.6 is 11.6 Å². The van der Waals surface area contributed by atoms with Crippen molar-refractivity contribution in [2.24, 2.45) is 5.92 Å². The molecule has 2 rings (SSSR count). The number of nitrogens with zero attached hydrogens (tertiary/aromatic N) is 1. The first-order valence-corrected chi connectivity index (χ1v) is 9.06. The van der Waals surface area contributed by atoms with Gasteiger partial charge < -0.3 is 19.7 Å². The average molecular weight is 369 g/mol.